The zero-order valence-electron chi connectivity index (χ0n) is 6.64. The Bertz CT molecular complexity index is 351. The summed E-state index contributed by atoms with van der Waals surface area (Å²) in [5, 5.41) is 0. The first-order valence-electron chi connectivity index (χ1n) is 3.43. The first-order chi connectivity index (χ1) is 6.44. The molecule has 0 spiro atoms. The molecule has 1 rings (SSSR count). The van der Waals surface area contributed by atoms with E-state index >= 15 is 0 Å². The average molecular weight is 208 g/mol. The van der Waals surface area contributed by atoms with E-state index in [0.29, 0.717) is 12.1 Å². The minimum absolute atomic E-state index is 0.423. The number of hydrogen-bond donors (Lipinski definition) is 0. The molecule has 0 fully saturated rings. The summed E-state index contributed by atoms with van der Waals surface area (Å²) < 4.78 is 53.1. The Kier molecular flexibility index (Phi) is 2.73. The molecule has 0 bridgehead atoms. The van der Waals surface area contributed by atoms with Crippen LogP contribution in [0.5, 0.6) is 5.75 Å². The lowest BCUT2D eigenvalue weighted by Gasteiger charge is -2.11. The number of rotatable bonds is 3. The first kappa shape index (κ1) is 10.5. The van der Waals surface area contributed by atoms with Crippen LogP contribution in [0.3, 0.4) is 0 Å². The molecule has 0 atom stereocenters. The van der Waals surface area contributed by atoms with E-state index in [2.05, 4.69) is 4.74 Å². The summed E-state index contributed by atoms with van der Waals surface area (Å²) in [6.07, 6.45) is -4.78. The van der Waals surface area contributed by atoms with Crippen LogP contribution in [0.25, 0.3) is 0 Å². The predicted molar refractivity (Wildman–Crippen MR) is 38.0 cm³/mol. The van der Waals surface area contributed by atoms with Crippen molar-refractivity contribution in [1.29, 1.82) is 0 Å². The highest BCUT2D eigenvalue weighted by Crippen LogP contribution is 2.21. The summed E-state index contributed by atoms with van der Waals surface area (Å²) >= 11 is 0. The monoisotopic (exact) mass is 208 g/mol. The fourth-order valence-corrected chi connectivity index (χ4v) is 0.722. The molecule has 0 unspecified atom stereocenters. The second-order valence-corrected chi connectivity index (χ2v) is 2.36. The van der Waals surface area contributed by atoms with Gasteiger partial charge in [0.15, 0.2) is 11.6 Å². The molecular weight excluding hydrogens is 204 g/mol. The third-order valence-electron chi connectivity index (χ3n) is 1.28. The number of aldehydes is 1. The minimum atomic E-state index is -4.04. The zero-order valence-corrected chi connectivity index (χ0v) is 6.64. The van der Waals surface area contributed by atoms with Crippen LogP contribution in [0.4, 0.5) is 17.6 Å². The molecule has 0 amide bonds. The molecule has 76 valence electrons. The van der Waals surface area contributed by atoms with Gasteiger partial charge in [0.1, 0.15) is 5.75 Å². The largest absolute Gasteiger partial charge is 0.457 e. The Labute approximate surface area is 76.1 Å². The Morgan fingerprint density at radius 1 is 1.21 bits per heavy atom. The Balaban J connectivity index is 2.88. The van der Waals surface area contributed by atoms with E-state index < -0.39 is 29.8 Å². The van der Waals surface area contributed by atoms with Crippen LogP contribution in [-0.2, 0) is 4.79 Å². The molecule has 1 aromatic carbocycles. The molecular formula is C8H4F4O2. The zero-order chi connectivity index (χ0) is 10.8. The molecule has 0 aliphatic rings. The van der Waals surface area contributed by atoms with Gasteiger partial charge in [-0.3, -0.25) is 4.79 Å². The third-order valence-corrected chi connectivity index (χ3v) is 1.28. The van der Waals surface area contributed by atoms with Crippen molar-refractivity contribution in [2.45, 2.75) is 6.11 Å². The molecule has 0 aliphatic carbocycles. The third kappa shape index (κ3) is 2.45. The van der Waals surface area contributed by atoms with Crippen LogP contribution in [0.1, 0.15) is 0 Å². The van der Waals surface area contributed by atoms with Crippen molar-refractivity contribution >= 4 is 6.29 Å². The van der Waals surface area contributed by atoms with Gasteiger partial charge in [0.05, 0.1) is 0 Å². The Hall–Kier alpha value is -1.59. The Morgan fingerprint density at radius 2 is 1.86 bits per heavy atom. The summed E-state index contributed by atoms with van der Waals surface area (Å²) in [6, 6.07) is 1.83. The second-order valence-electron chi connectivity index (χ2n) is 2.36. The van der Waals surface area contributed by atoms with Gasteiger partial charge in [0, 0.05) is 6.07 Å². The van der Waals surface area contributed by atoms with Crippen molar-refractivity contribution in [2.75, 3.05) is 0 Å². The minimum Gasteiger partial charge on any atom is -0.427 e. The van der Waals surface area contributed by atoms with Crippen LogP contribution in [0.15, 0.2) is 18.2 Å². The number of ether oxygens (including phenoxy) is 1. The van der Waals surface area contributed by atoms with Crippen molar-refractivity contribution in [3.05, 3.63) is 29.8 Å². The average Bonchev–Trinajstić information content (AvgIpc) is 2.11. The SMILES string of the molecule is O=CC(F)(F)Oc1ccc(F)c(F)c1. The van der Waals surface area contributed by atoms with Crippen molar-refractivity contribution in [3.63, 3.8) is 0 Å². The molecule has 0 saturated heterocycles. The van der Waals surface area contributed by atoms with Crippen molar-refractivity contribution in [3.8, 4) is 5.75 Å². The Morgan fingerprint density at radius 3 is 2.36 bits per heavy atom. The van der Waals surface area contributed by atoms with Gasteiger partial charge in [-0.2, -0.15) is 8.78 Å². The van der Waals surface area contributed by atoms with E-state index in [4.69, 9.17) is 0 Å². The highest BCUT2D eigenvalue weighted by atomic mass is 19.3. The van der Waals surface area contributed by atoms with E-state index in [1.807, 2.05) is 0 Å². The smallest absolute Gasteiger partial charge is 0.427 e. The van der Waals surface area contributed by atoms with Gasteiger partial charge in [-0.15, -0.1) is 0 Å². The van der Waals surface area contributed by atoms with Crippen molar-refractivity contribution < 1.29 is 27.1 Å². The molecule has 0 aromatic heterocycles. The number of carbonyl (C=O) groups excluding carboxylic acids is 1. The maximum Gasteiger partial charge on any atom is 0.457 e. The number of hydrogen-bond acceptors (Lipinski definition) is 2. The van der Waals surface area contributed by atoms with Crippen molar-refractivity contribution in [1.82, 2.24) is 0 Å². The molecule has 0 heterocycles. The maximum atomic E-state index is 12.5. The van der Waals surface area contributed by atoms with Crippen LogP contribution in [-0.4, -0.2) is 12.4 Å². The van der Waals surface area contributed by atoms with Gasteiger partial charge in [-0.05, 0) is 12.1 Å². The van der Waals surface area contributed by atoms with Crippen LogP contribution < -0.4 is 4.74 Å². The summed E-state index contributed by atoms with van der Waals surface area (Å²) in [5.74, 6) is -3.14. The van der Waals surface area contributed by atoms with E-state index in [0.717, 1.165) is 6.07 Å². The summed E-state index contributed by atoms with van der Waals surface area (Å²) in [4.78, 5) is 9.74. The fourth-order valence-electron chi connectivity index (χ4n) is 0.722. The highest BCUT2D eigenvalue weighted by molar-refractivity contribution is 5.58. The second kappa shape index (κ2) is 3.65. The molecule has 0 aliphatic heterocycles. The highest BCUT2D eigenvalue weighted by Gasteiger charge is 2.31. The van der Waals surface area contributed by atoms with Crippen LogP contribution >= 0.6 is 0 Å². The predicted octanol–water partition coefficient (Wildman–Crippen LogP) is 2.14. The van der Waals surface area contributed by atoms with Gasteiger partial charge in [-0.1, -0.05) is 0 Å². The molecule has 0 radical (unpaired) electrons. The van der Waals surface area contributed by atoms with Gasteiger partial charge < -0.3 is 4.74 Å². The summed E-state index contributed by atoms with van der Waals surface area (Å²) in [5.41, 5.74) is 0. The van der Waals surface area contributed by atoms with E-state index in [1.54, 1.807) is 0 Å². The van der Waals surface area contributed by atoms with Crippen LogP contribution in [0, 0.1) is 11.6 Å². The lowest BCUT2D eigenvalue weighted by molar-refractivity contribution is -0.176. The number of alkyl halides is 2. The van der Waals surface area contributed by atoms with E-state index in [1.165, 1.54) is 0 Å². The number of carbonyl (C=O) groups is 1. The summed E-state index contributed by atoms with van der Waals surface area (Å²) in [7, 11) is 0. The lowest BCUT2D eigenvalue weighted by atomic mass is 10.3. The molecule has 2 nitrogen and oxygen atoms in total. The lowest BCUT2D eigenvalue weighted by Crippen LogP contribution is -2.26. The van der Waals surface area contributed by atoms with E-state index in [-0.39, 0.29) is 0 Å². The van der Waals surface area contributed by atoms with E-state index in [9.17, 15) is 22.4 Å². The van der Waals surface area contributed by atoms with Crippen molar-refractivity contribution in [2.24, 2.45) is 0 Å². The molecule has 0 saturated carbocycles. The molecule has 1 aromatic rings. The number of benzene rings is 1. The van der Waals surface area contributed by atoms with Gasteiger partial charge in [-0.25, -0.2) is 8.78 Å². The standard InChI is InChI=1S/C8H4F4O2/c9-6-2-1-5(3-7(6)10)14-8(11,12)4-13/h1-4H. The molecule has 0 N–H and O–H groups in total. The summed E-state index contributed by atoms with van der Waals surface area (Å²) in [6.45, 7) is 0. The van der Waals surface area contributed by atoms with Gasteiger partial charge in [0.2, 0.25) is 6.29 Å². The van der Waals surface area contributed by atoms with Gasteiger partial charge in [0.25, 0.3) is 0 Å². The molecule has 6 heteroatoms. The fraction of sp³-hybridized carbons (Fsp3) is 0.125. The quantitative estimate of drug-likeness (QED) is 0.561. The normalized spacial score (nSPS) is 11.1. The molecule has 14 heavy (non-hydrogen) atoms. The topological polar surface area (TPSA) is 26.3 Å². The van der Waals surface area contributed by atoms with Gasteiger partial charge >= 0.3 is 6.11 Å². The first-order valence-corrected chi connectivity index (χ1v) is 3.43. The number of halogens is 4. The van der Waals surface area contributed by atoms with Crippen LogP contribution in [0.2, 0.25) is 0 Å². The maximum absolute atomic E-state index is 12.5.